The highest BCUT2D eigenvalue weighted by Crippen LogP contribution is 2.34. The lowest BCUT2D eigenvalue weighted by Crippen LogP contribution is -2.28. The van der Waals surface area contributed by atoms with E-state index in [1.54, 1.807) is 0 Å². The van der Waals surface area contributed by atoms with E-state index in [2.05, 4.69) is 10.1 Å². The first-order valence-electron chi connectivity index (χ1n) is 7.73. The molecular formula is C16H22N4O2. The van der Waals surface area contributed by atoms with E-state index in [1.165, 1.54) is 0 Å². The summed E-state index contributed by atoms with van der Waals surface area (Å²) in [6, 6.07) is 9.62. The molecule has 1 saturated carbocycles. The van der Waals surface area contributed by atoms with Crippen molar-refractivity contribution in [2.24, 2.45) is 5.73 Å². The Hall–Kier alpha value is -1.76. The van der Waals surface area contributed by atoms with Crippen LogP contribution >= 0.6 is 0 Å². The van der Waals surface area contributed by atoms with Crippen molar-refractivity contribution in [2.45, 2.75) is 43.9 Å². The Kier molecular flexibility index (Phi) is 4.52. The summed E-state index contributed by atoms with van der Waals surface area (Å²) in [5, 5.41) is 23.6. The SMILES string of the molecule is N[C@H]1C[C@H](c2nc(-c3ccccc3)nn2CCCO)C[C@@H]1O. The van der Waals surface area contributed by atoms with Crippen molar-refractivity contribution < 1.29 is 10.2 Å². The van der Waals surface area contributed by atoms with Gasteiger partial charge < -0.3 is 15.9 Å². The number of aliphatic hydroxyl groups excluding tert-OH is 2. The Labute approximate surface area is 129 Å². The maximum absolute atomic E-state index is 9.90. The molecule has 0 radical (unpaired) electrons. The normalized spacial score (nSPS) is 24.8. The summed E-state index contributed by atoms with van der Waals surface area (Å²) in [5.74, 6) is 1.66. The van der Waals surface area contributed by atoms with Crippen LogP contribution in [0.5, 0.6) is 0 Å². The third kappa shape index (κ3) is 3.04. The minimum Gasteiger partial charge on any atom is -0.396 e. The van der Waals surface area contributed by atoms with Crippen molar-refractivity contribution in [1.29, 1.82) is 0 Å². The predicted molar refractivity (Wildman–Crippen MR) is 83.1 cm³/mol. The van der Waals surface area contributed by atoms with Gasteiger partial charge >= 0.3 is 0 Å². The number of nitrogens with zero attached hydrogens (tertiary/aromatic N) is 3. The van der Waals surface area contributed by atoms with Crippen molar-refractivity contribution in [3.8, 4) is 11.4 Å². The third-order valence-corrected chi connectivity index (χ3v) is 4.20. The summed E-state index contributed by atoms with van der Waals surface area (Å²) in [4.78, 5) is 4.69. The van der Waals surface area contributed by atoms with Gasteiger partial charge in [-0.15, -0.1) is 0 Å². The topological polar surface area (TPSA) is 97.2 Å². The van der Waals surface area contributed by atoms with Crippen LogP contribution in [0.2, 0.25) is 0 Å². The first kappa shape index (κ1) is 15.1. The lowest BCUT2D eigenvalue weighted by molar-refractivity contribution is 0.163. The van der Waals surface area contributed by atoms with E-state index in [0.717, 1.165) is 11.4 Å². The third-order valence-electron chi connectivity index (χ3n) is 4.20. The van der Waals surface area contributed by atoms with Gasteiger partial charge in [-0.25, -0.2) is 9.67 Å². The standard InChI is InChI=1S/C16H22N4O2/c17-13-9-12(10-14(13)22)16-18-15(11-5-2-1-3-6-11)19-20(16)7-4-8-21/h1-3,5-6,12-14,21-22H,4,7-10,17H2/t12-,13-,14-/m0/s1. The molecule has 3 rings (SSSR count). The molecule has 4 N–H and O–H groups in total. The molecule has 1 aliphatic rings. The van der Waals surface area contributed by atoms with Gasteiger partial charge in [0.1, 0.15) is 5.82 Å². The molecular weight excluding hydrogens is 280 g/mol. The Balaban J connectivity index is 1.91. The van der Waals surface area contributed by atoms with Gasteiger partial charge in [-0.05, 0) is 19.3 Å². The number of nitrogens with two attached hydrogens (primary N) is 1. The van der Waals surface area contributed by atoms with E-state index in [9.17, 15) is 5.11 Å². The summed E-state index contributed by atoms with van der Waals surface area (Å²) in [6.07, 6.45) is 1.49. The smallest absolute Gasteiger partial charge is 0.181 e. The fraction of sp³-hybridized carbons (Fsp3) is 0.500. The van der Waals surface area contributed by atoms with Crippen LogP contribution in [-0.4, -0.2) is 43.7 Å². The first-order valence-corrected chi connectivity index (χ1v) is 7.73. The Morgan fingerprint density at radius 2 is 2.00 bits per heavy atom. The van der Waals surface area contributed by atoms with Gasteiger partial charge in [-0.2, -0.15) is 5.10 Å². The molecule has 1 aromatic carbocycles. The van der Waals surface area contributed by atoms with Gasteiger partial charge in [0.15, 0.2) is 5.82 Å². The molecule has 2 aromatic rings. The van der Waals surface area contributed by atoms with E-state index in [-0.39, 0.29) is 18.6 Å². The van der Waals surface area contributed by atoms with Gasteiger partial charge in [0.25, 0.3) is 0 Å². The van der Waals surface area contributed by atoms with Crippen molar-refractivity contribution in [3.63, 3.8) is 0 Å². The molecule has 22 heavy (non-hydrogen) atoms. The molecule has 0 saturated heterocycles. The Morgan fingerprint density at radius 3 is 2.64 bits per heavy atom. The fourth-order valence-electron chi connectivity index (χ4n) is 3.01. The Bertz CT molecular complexity index is 604. The second-order valence-corrected chi connectivity index (χ2v) is 5.86. The van der Waals surface area contributed by atoms with Crippen molar-refractivity contribution in [2.75, 3.05) is 6.61 Å². The van der Waals surface area contributed by atoms with E-state index >= 15 is 0 Å². The van der Waals surface area contributed by atoms with Crippen LogP contribution in [0, 0.1) is 0 Å². The van der Waals surface area contributed by atoms with Crippen LogP contribution in [0.4, 0.5) is 0 Å². The highest BCUT2D eigenvalue weighted by molar-refractivity contribution is 5.54. The number of rotatable bonds is 5. The van der Waals surface area contributed by atoms with Gasteiger partial charge in [0.2, 0.25) is 0 Å². The molecule has 0 bridgehead atoms. The molecule has 0 spiro atoms. The van der Waals surface area contributed by atoms with E-state index < -0.39 is 6.10 Å². The molecule has 0 aliphatic heterocycles. The van der Waals surface area contributed by atoms with E-state index in [4.69, 9.17) is 10.8 Å². The van der Waals surface area contributed by atoms with Crippen LogP contribution in [0.15, 0.2) is 30.3 Å². The van der Waals surface area contributed by atoms with Gasteiger partial charge in [0, 0.05) is 30.7 Å². The highest BCUT2D eigenvalue weighted by atomic mass is 16.3. The van der Waals surface area contributed by atoms with Crippen LogP contribution < -0.4 is 5.73 Å². The highest BCUT2D eigenvalue weighted by Gasteiger charge is 2.34. The van der Waals surface area contributed by atoms with Crippen LogP contribution in [0.1, 0.15) is 31.0 Å². The summed E-state index contributed by atoms with van der Waals surface area (Å²) in [7, 11) is 0. The number of aryl methyl sites for hydroxylation is 1. The Morgan fingerprint density at radius 1 is 1.23 bits per heavy atom. The number of aliphatic hydroxyl groups is 2. The zero-order valence-electron chi connectivity index (χ0n) is 12.5. The molecule has 0 unspecified atom stereocenters. The number of benzene rings is 1. The summed E-state index contributed by atoms with van der Waals surface area (Å²) in [6.45, 7) is 0.736. The minimum absolute atomic E-state index is 0.118. The molecule has 6 nitrogen and oxygen atoms in total. The fourth-order valence-corrected chi connectivity index (χ4v) is 3.01. The maximum atomic E-state index is 9.90. The lowest BCUT2D eigenvalue weighted by atomic mass is 10.1. The summed E-state index contributed by atoms with van der Waals surface area (Å²) >= 11 is 0. The average molecular weight is 302 g/mol. The quantitative estimate of drug-likeness (QED) is 0.762. The van der Waals surface area contributed by atoms with E-state index in [0.29, 0.717) is 31.6 Å². The molecule has 3 atom stereocenters. The van der Waals surface area contributed by atoms with Crippen molar-refractivity contribution >= 4 is 0 Å². The second-order valence-electron chi connectivity index (χ2n) is 5.86. The zero-order valence-corrected chi connectivity index (χ0v) is 12.5. The second kappa shape index (κ2) is 6.56. The predicted octanol–water partition coefficient (Wildman–Crippen LogP) is 0.893. The average Bonchev–Trinajstić information content (AvgIpc) is 3.10. The number of hydrogen-bond donors (Lipinski definition) is 3. The van der Waals surface area contributed by atoms with Crippen molar-refractivity contribution in [1.82, 2.24) is 14.8 Å². The summed E-state index contributed by atoms with van der Waals surface area (Å²) < 4.78 is 1.86. The van der Waals surface area contributed by atoms with Crippen LogP contribution in [-0.2, 0) is 6.54 Å². The van der Waals surface area contributed by atoms with Crippen LogP contribution in [0.3, 0.4) is 0 Å². The minimum atomic E-state index is -0.479. The van der Waals surface area contributed by atoms with Gasteiger partial charge in [-0.1, -0.05) is 30.3 Å². The largest absolute Gasteiger partial charge is 0.396 e. The molecule has 6 heteroatoms. The zero-order chi connectivity index (χ0) is 15.5. The van der Waals surface area contributed by atoms with Crippen molar-refractivity contribution in [3.05, 3.63) is 36.2 Å². The van der Waals surface area contributed by atoms with Gasteiger partial charge in [0.05, 0.1) is 6.10 Å². The molecule has 1 aromatic heterocycles. The lowest BCUT2D eigenvalue weighted by Gasteiger charge is -2.10. The molecule has 1 aliphatic carbocycles. The number of hydrogen-bond acceptors (Lipinski definition) is 5. The molecule has 1 heterocycles. The molecule has 1 fully saturated rings. The van der Waals surface area contributed by atoms with E-state index in [1.807, 2.05) is 35.0 Å². The molecule has 0 amide bonds. The monoisotopic (exact) mass is 302 g/mol. The molecule has 118 valence electrons. The summed E-state index contributed by atoms with van der Waals surface area (Å²) in [5.41, 5.74) is 6.89. The number of aromatic nitrogens is 3. The van der Waals surface area contributed by atoms with Gasteiger partial charge in [-0.3, -0.25) is 0 Å². The maximum Gasteiger partial charge on any atom is 0.181 e. The first-order chi connectivity index (χ1) is 10.7. The van der Waals surface area contributed by atoms with Crippen LogP contribution in [0.25, 0.3) is 11.4 Å².